The van der Waals surface area contributed by atoms with Crippen molar-refractivity contribution >= 4 is 17.4 Å². The molecule has 2 aromatic rings. The van der Waals surface area contributed by atoms with Crippen LogP contribution in [0.4, 0.5) is 11.5 Å². The van der Waals surface area contributed by atoms with E-state index in [-0.39, 0.29) is 5.91 Å². The van der Waals surface area contributed by atoms with E-state index in [2.05, 4.69) is 51.1 Å². The molecule has 0 N–H and O–H groups in total. The summed E-state index contributed by atoms with van der Waals surface area (Å²) < 4.78 is 0. The van der Waals surface area contributed by atoms with E-state index in [1.54, 1.807) is 0 Å². The Labute approximate surface area is 154 Å². The highest BCUT2D eigenvalue weighted by Crippen LogP contribution is 2.32. The molecule has 136 valence electrons. The van der Waals surface area contributed by atoms with Gasteiger partial charge in [-0.05, 0) is 38.4 Å². The average Bonchev–Trinajstić information content (AvgIpc) is 2.67. The van der Waals surface area contributed by atoms with E-state index >= 15 is 0 Å². The number of anilines is 2. The first kappa shape index (κ1) is 17.0. The van der Waals surface area contributed by atoms with Gasteiger partial charge in [-0.25, -0.2) is 9.97 Å². The molecule has 0 atom stereocenters. The molecular weight excluding hydrogens is 326 g/mol. The number of para-hydroxylation sites is 1. The first-order valence-electron chi connectivity index (χ1n) is 9.31. The molecule has 4 rings (SSSR count). The van der Waals surface area contributed by atoms with Crippen LogP contribution >= 0.6 is 0 Å². The van der Waals surface area contributed by atoms with Crippen molar-refractivity contribution in [3.8, 4) is 0 Å². The van der Waals surface area contributed by atoms with Gasteiger partial charge in [-0.1, -0.05) is 18.2 Å². The standard InChI is InChI=1S/C20H25N5O/c1-15-21-17(20(26)24-12-10-23(2)11-13-24)14-19(22-15)25-9-5-7-16-6-3-4-8-18(16)25/h3-4,6,8,14H,5,7,9-13H2,1-2H3. The number of aryl methyl sites for hydroxylation is 2. The topological polar surface area (TPSA) is 52.6 Å². The zero-order valence-corrected chi connectivity index (χ0v) is 15.5. The minimum absolute atomic E-state index is 0.00939. The van der Waals surface area contributed by atoms with Gasteiger partial charge in [-0.3, -0.25) is 4.79 Å². The summed E-state index contributed by atoms with van der Waals surface area (Å²) in [7, 11) is 2.09. The Kier molecular flexibility index (Phi) is 4.59. The van der Waals surface area contributed by atoms with E-state index in [1.165, 1.54) is 11.3 Å². The van der Waals surface area contributed by atoms with Crippen LogP contribution in [0, 0.1) is 6.92 Å². The van der Waals surface area contributed by atoms with Crippen LogP contribution in [-0.4, -0.2) is 65.4 Å². The number of likely N-dealkylation sites (N-methyl/N-ethyl adjacent to an activating group) is 1. The van der Waals surface area contributed by atoms with E-state index in [4.69, 9.17) is 0 Å². The molecule has 0 spiro atoms. The normalized spacial score (nSPS) is 17.9. The van der Waals surface area contributed by atoms with Crippen LogP contribution in [0.3, 0.4) is 0 Å². The first-order valence-corrected chi connectivity index (χ1v) is 9.31. The van der Waals surface area contributed by atoms with E-state index in [0.717, 1.165) is 51.4 Å². The summed E-state index contributed by atoms with van der Waals surface area (Å²) in [5.41, 5.74) is 3.02. The van der Waals surface area contributed by atoms with Gasteiger partial charge in [0.2, 0.25) is 0 Å². The molecule has 0 bridgehead atoms. The van der Waals surface area contributed by atoms with E-state index in [1.807, 2.05) is 17.9 Å². The number of nitrogens with zero attached hydrogens (tertiary/aromatic N) is 5. The summed E-state index contributed by atoms with van der Waals surface area (Å²) in [6, 6.07) is 10.3. The number of benzene rings is 1. The molecule has 1 aromatic carbocycles. The Hall–Kier alpha value is -2.47. The van der Waals surface area contributed by atoms with Gasteiger partial charge >= 0.3 is 0 Å². The molecule has 6 nitrogen and oxygen atoms in total. The smallest absolute Gasteiger partial charge is 0.272 e. The van der Waals surface area contributed by atoms with Crippen molar-refractivity contribution in [3.63, 3.8) is 0 Å². The van der Waals surface area contributed by atoms with Gasteiger partial charge in [-0.15, -0.1) is 0 Å². The van der Waals surface area contributed by atoms with Gasteiger partial charge in [0.15, 0.2) is 0 Å². The fourth-order valence-electron chi connectivity index (χ4n) is 3.74. The van der Waals surface area contributed by atoms with Crippen LogP contribution in [0.5, 0.6) is 0 Å². The Balaban J connectivity index is 1.64. The highest BCUT2D eigenvalue weighted by molar-refractivity contribution is 5.93. The summed E-state index contributed by atoms with van der Waals surface area (Å²) in [6.07, 6.45) is 2.17. The van der Waals surface area contributed by atoms with E-state index < -0.39 is 0 Å². The molecule has 1 amide bonds. The lowest BCUT2D eigenvalue weighted by atomic mass is 10.0. The lowest BCUT2D eigenvalue weighted by Crippen LogP contribution is -2.47. The fraction of sp³-hybridized carbons (Fsp3) is 0.450. The fourth-order valence-corrected chi connectivity index (χ4v) is 3.74. The Morgan fingerprint density at radius 2 is 1.81 bits per heavy atom. The molecule has 0 radical (unpaired) electrons. The Morgan fingerprint density at radius 1 is 1.04 bits per heavy atom. The number of carbonyl (C=O) groups is 1. The van der Waals surface area contributed by atoms with Gasteiger partial charge in [0.05, 0.1) is 0 Å². The van der Waals surface area contributed by atoms with Crippen LogP contribution in [0.25, 0.3) is 0 Å². The van der Waals surface area contributed by atoms with Crippen molar-refractivity contribution < 1.29 is 4.79 Å². The second kappa shape index (κ2) is 7.03. The van der Waals surface area contributed by atoms with Crippen molar-refractivity contribution in [2.24, 2.45) is 0 Å². The summed E-state index contributed by atoms with van der Waals surface area (Å²) in [4.78, 5) is 28.4. The molecule has 0 aliphatic carbocycles. The minimum atomic E-state index is 0.00939. The van der Waals surface area contributed by atoms with Gasteiger partial charge in [0.25, 0.3) is 5.91 Å². The summed E-state index contributed by atoms with van der Waals surface area (Å²) in [6.45, 7) is 6.08. The second-order valence-corrected chi connectivity index (χ2v) is 7.14. The number of carbonyl (C=O) groups excluding carboxylic acids is 1. The first-order chi connectivity index (χ1) is 12.6. The maximum Gasteiger partial charge on any atom is 0.272 e. The Morgan fingerprint density at radius 3 is 2.62 bits per heavy atom. The number of hydrogen-bond acceptors (Lipinski definition) is 5. The highest BCUT2D eigenvalue weighted by Gasteiger charge is 2.24. The van der Waals surface area contributed by atoms with E-state index in [9.17, 15) is 4.79 Å². The molecule has 6 heteroatoms. The zero-order chi connectivity index (χ0) is 18.1. The summed E-state index contributed by atoms with van der Waals surface area (Å²) in [5.74, 6) is 1.47. The van der Waals surface area contributed by atoms with Crippen LogP contribution in [0.1, 0.15) is 28.3 Å². The Bertz CT molecular complexity index is 814. The van der Waals surface area contributed by atoms with Crippen LogP contribution in [0.15, 0.2) is 30.3 Å². The van der Waals surface area contributed by atoms with Gasteiger partial charge < -0.3 is 14.7 Å². The number of hydrogen-bond donors (Lipinski definition) is 0. The predicted molar refractivity (Wildman–Crippen MR) is 102 cm³/mol. The maximum atomic E-state index is 12.9. The number of piperazine rings is 1. The van der Waals surface area contributed by atoms with Crippen LogP contribution in [-0.2, 0) is 6.42 Å². The molecule has 0 saturated carbocycles. The molecule has 0 unspecified atom stereocenters. The molecule has 26 heavy (non-hydrogen) atoms. The summed E-state index contributed by atoms with van der Waals surface area (Å²) >= 11 is 0. The summed E-state index contributed by atoms with van der Waals surface area (Å²) in [5, 5.41) is 0. The van der Waals surface area contributed by atoms with Gasteiger partial charge in [0, 0.05) is 44.5 Å². The lowest BCUT2D eigenvalue weighted by molar-refractivity contribution is 0.0658. The second-order valence-electron chi connectivity index (χ2n) is 7.14. The third-order valence-corrected chi connectivity index (χ3v) is 5.22. The third kappa shape index (κ3) is 3.29. The van der Waals surface area contributed by atoms with Gasteiger partial charge in [0.1, 0.15) is 17.3 Å². The quantitative estimate of drug-likeness (QED) is 0.831. The molecule has 2 aliphatic rings. The third-order valence-electron chi connectivity index (χ3n) is 5.22. The molecule has 2 aliphatic heterocycles. The largest absolute Gasteiger partial charge is 0.335 e. The number of rotatable bonds is 2. The molecule has 1 aromatic heterocycles. The monoisotopic (exact) mass is 351 g/mol. The number of aromatic nitrogens is 2. The number of amides is 1. The SMILES string of the molecule is Cc1nc(C(=O)N2CCN(C)CC2)cc(N2CCCc3ccccc32)n1. The molecular formula is C20H25N5O. The van der Waals surface area contributed by atoms with Crippen LogP contribution < -0.4 is 4.90 Å². The van der Waals surface area contributed by atoms with Gasteiger partial charge in [-0.2, -0.15) is 0 Å². The molecule has 3 heterocycles. The van der Waals surface area contributed by atoms with Crippen molar-refractivity contribution in [3.05, 3.63) is 47.4 Å². The van der Waals surface area contributed by atoms with Crippen molar-refractivity contribution in [1.82, 2.24) is 19.8 Å². The van der Waals surface area contributed by atoms with E-state index in [0.29, 0.717) is 11.5 Å². The van der Waals surface area contributed by atoms with Crippen molar-refractivity contribution in [1.29, 1.82) is 0 Å². The molecule has 1 fully saturated rings. The van der Waals surface area contributed by atoms with Crippen LogP contribution in [0.2, 0.25) is 0 Å². The molecule has 1 saturated heterocycles. The predicted octanol–water partition coefficient (Wildman–Crippen LogP) is 2.26. The highest BCUT2D eigenvalue weighted by atomic mass is 16.2. The lowest BCUT2D eigenvalue weighted by Gasteiger charge is -2.33. The number of fused-ring (bicyclic) bond motifs is 1. The van der Waals surface area contributed by atoms with Crippen molar-refractivity contribution in [2.45, 2.75) is 19.8 Å². The maximum absolute atomic E-state index is 12.9. The zero-order valence-electron chi connectivity index (χ0n) is 15.5. The minimum Gasteiger partial charge on any atom is -0.335 e. The average molecular weight is 351 g/mol. The van der Waals surface area contributed by atoms with Crippen molar-refractivity contribution in [2.75, 3.05) is 44.7 Å².